The van der Waals surface area contributed by atoms with Crippen LogP contribution in [0, 0.1) is 11.8 Å². The largest absolute Gasteiger partial charge is 0.319 e. The first-order valence-electron chi connectivity index (χ1n) is 5.25. The Morgan fingerprint density at radius 2 is 1.92 bits per heavy atom. The predicted molar refractivity (Wildman–Crippen MR) is 56.8 cm³/mol. The van der Waals surface area contributed by atoms with E-state index < -0.39 is 0 Å². The molecule has 2 heteroatoms. The third kappa shape index (κ3) is 6.76. The summed E-state index contributed by atoms with van der Waals surface area (Å²) in [5.41, 5.74) is 0. The summed E-state index contributed by atoms with van der Waals surface area (Å²) in [7, 11) is 1.89. The second kappa shape index (κ2) is 7.07. The average Bonchev–Trinajstić information content (AvgIpc) is 2.04. The molecule has 0 aliphatic heterocycles. The zero-order valence-electron chi connectivity index (χ0n) is 9.39. The second-order valence-electron chi connectivity index (χ2n) is 4.21. The van der Waals surface area contributed by atoms with Crippen molar-refractivity contribution in [3.8, 4) is 0 Å². The van der Waals surface area contributed by atoms with Crippen molar-refractivity contribution in [2.24, 2.45) is 11.8 Å². The standard InChI is InChI=1S/C11H23NO/c1-9(2)6-5-7-11(13)10(3)8-12-4/h9-10,12H,5-8H2,1-4H3. The molecule has 0 aliphatic carbocycles. The first-order chi connectivity index (χ1) is 6.07. The number of hydrogen-bond acceptors (Lipinski definition) is 2. The van der Waals surface area contributed by atoms with E-state index in [4.69, 9.17) is 0 Å². The van der Waals surface area contributed by atoms with Crippen LogP contribution in [0.4, 0.5) is 0 Å². The second-order valence-corrected chi connectivity index (χ2v) is 4.21. The molecule has 0 fully saturated rings. The minimum atomic E-state index is 0.178. The van der Waals surface area contributed by atoms with Crippen LogP contribution < -0.4 is 5.32 Å². The van der Waals surface area contributed by atoms with E-state index in [9.17, 15) is 4.79 Å². The molecule has 0 aromatic carbocycles. The van der Waals surface area contributed by atoms with E-state index >= 15 is 0 Å². The van der Waals surface area contributed by atoms with Crippen molar-refractivity contribution in [2.75, 3.05) is 13.6 Å². The number of carbonyl (C=O) groups excluding carboxylic acids is 1. The minimum absolute atomic E-state index is 0.178. The van der Waals surface area contributed by atoms with Crippen LogP contribution in [0.25, 0.3) is 0 Å². The van der Waals surface area contributed by atoms with Gasteiger partial charge < -0.3 is 5.32 Å². The molecule has 1 atom stereocenters. The summed E-state index contributed by atoms with van der Waals surface area (Å²) in [4.78, 5) is 11.5. The van der Waals surface area contributed by atoms with Crippen molar-refractivity contribution in [1.82, 2.24) is 5.32 Å². The number of carbonyl (C=O) groups is 1. The Kier molecular flexibility index (Phi) is 6.87. The Bertz CT molecular complexity index is 143. The van der Waals surface area contributed by atoms with Crippen molar-refractivity contribution < 1.29 is 4.79 Å². The Labute approximate surface area is 82.1 Å². The fourth-order valence-corrected chi connectivity index (χ4v) is 1.35. The smallest absolute Gasteiger partial charge is 0.136 e. The zero-order valence-corrected chi connectivity index (χ0v) is 9.39. The van der Waals surface area contributed by atoms with E-state index in [-0.39, 0.29) is 5.92 Å². The number of nitrogens with one attached hydrogen (secondary N) is 1. The fourth-order valence-electron chi connectivity index (χ4n) is 1.35. The van der Waals surface area contributed by atoms with E-state index in [1.165, 1.54) is 0 Å². The molecule has 0 aliphatic rings. The highest BCUT2D eigenvalue weighted by molar-refractivity contribution is 5.80. The quantitative estimate of drug-likeness (QED) is 0.659. The van der Waals surface area contributed by atoms with Crippen LogP contribution in [0.3, 0.4) is 0 Å². The van der Waals surface area contributed by atoms with Gasteiger partial charge in [0.2, 0.25) is 0 Å². The predicted octanol–water partition coefficient (Wildman–Crippen LogP) is 2.24. The third-order valence-electron chi connectivity index (χ3n) is 2.26. The summed E-state index contributed by atoms with van der Waals surface area (Å²) >= 11 is 0. The molecule has 0 heterocycles. The van der Waals surface area contributed by atoms with Gasteiger partial charge in [-0.1, -0.05) is 27.2 Å². The van der Waals surface area contributed by atoms with Gasteiger partial charge in [0.1, 0.15) is 5.78 Å². The first kappa shape index (κ1) is 12.6. The summed E-state index contributed by atoms with van der Waals surface area (Å²) in [6, 6.07) is 0. The third-order valence-corrected chi connectivity index (χ3v) is 2.26. The van der Waals surface area contributed by atoms with Crippen molar-refractivity contribution in [3.63, 3.8) is 0 Å². The van der Waals surface area contributed by atoms with Gasteiger partial charge in [0, 0.05) is 18.9 Å². The molecule has 0 aromatic rings. The molecule has 0 aromatic heterocycles. The Morgan fingerprint density at radius 1 is 1.31 bits per heavy atom. The van der Waals surface area contributed by atoms with E-state index in [2.05, 4.69) is 19.2 Å². The summed E-state index contributed by atoms with van der Waals surface area (Å²) in [6.07, 6.45) is 2.96. The number of Topliss-reactive ketones (excluding diaryl/α,β-unsaturated/α-hetero) is 1. The highest BCUT2D eigenvalue weighted by Crippen LogP contribution is 2.09. The molecule has 78 valence electrons. The summed E-state index contributed by atoms with van der Waals surface area (Å²) in [5.74, 6) is 1.29. The molecule has 1 unspecified atom stereocenters. The van der Waals surface area contributed by atoms with Crippen molar-refractivity contribution >= 4 is 5.78 Å². The molecule has 0 bridgehead atoms. The van der Waals surface area contributed by atoms with E-state index in [0.717, 1.165) is 25.8 Å². The number of ketones is 1. The lowest BCUT2D eigenvalue weighted by atomic mass is 9.99. The molecular formula is C11H23NO. The summed E-state index contributed by atoms with van der Waals surface area (Å²) in [5, 5.41) is 3.03. The molecule has 0 saturated heterocycles. The van der Waals surface area contributed by atoms with Gasteiger partial charge in [0.05, 0.1) is 0 Å². The Hall–Kier alpha value is -0.370. The lowest BCUT2D eigenvalue weighted by Gasteiger charge is -2.09. The summed E-state index contributed by atoms with van der Waals surface area (Å²) < 4.78 is 0. The van der Waals surface area contributed by atoms with E-state index in [1.807, 2.05) is 14.0 Å². The van der Waals surface area contributed by atoms with E-state index in [0.29, 0.717) is 11.7 Å². The van der Waals surface area contributed by atoms with Gasteiger partial charge in [-0.3, -0.25) is 4.79 Å². The fraction of sp³-hybridized carbons (Fsp3) is 0.909. The molecular weight excluding hydrogens is 162 g/mol. The molecule has 13 heavy (non-hydrogen) atoms. The van der Waals surface area contributed by atoms with Crippen LogP contribution >= 0.6 is 0 Å². The number of hydrogen-bond donors (Lipinski definition) is 1. The average molecular weight is 185 g/mol. The summed E-state index contributed by atoms with van der Waals surface area (Å²) in [6.45, 7) is 7.19. The molecule has 0 spiro atoms. The molecule has 0 radical (unpaired) electrons. The SMILES string of the molecule is CNCC(C)C(=O)CCCC(C)C. The minimum Gasteiger partial charge on any atom is -0.319 e. The Morgan fingerprint density at radius 3 is 2.38 bits per heavy atom. The topological polar surface area (TPSA) is 29.1 Å². The monoisotopic (exact) mass is 185 g/mol. The molecule has 0 rings (SSSR count). The van der Waals surface area contributed by atoms with Gasteiger partial charge in [0.15, 0.2) is 0 Å². The molecule has 1 N–H and O–H groups in total. The van der Waals surface area contributed by atoms with Gasteiger partial charge in [-0.15, -0.1) is 0 Å². The van der Waals surface area contributed by atoms with Gasteiger partial charge in [-0.2, -0.15) is 0 Å². The van der Waals surface area contributed by atoms with Gasteiger partial charge in [-0.25, -0.2) is 0 Å². The number of rotatable bonds is 7. The molecule has 0 amide bonds. The maximum atomic E-state index is 11.5. The maximum Gasteiger partial charge on any atom is 0.136 e. The van der Waals surface area contributed by atoms with Gasteiger partial charge >= 0.3 is 0 Å². The zero-order chi connectivity index (χ0) is 10.3. The van der Waals surface area contributed by atoms with Crippen molar-refractivity contribution in [3.05, 3.63) is 0 Å². The normalized spacial score (nSPS) is 13.3. The molecule has 2 nitrogen and oxygen atoms in total. The van der Waals surface area contributed by atoms with Crippen LogP contribution in [0.2, 0.25) is 0 Å². The van der Waals surface area contributed by atoms with E-state index in [1.54, 1.807) is 0 Å². The Balaban J connectivity index is 3.50. The van der Waals surface area contributed by atoms with Crippen molar-refractivity contribution in [1.29, 1.82) is 0 Å². The molecule has 0 saturated carbocycles. The van der Waals surface area contributed by atoms with Crippen LogP contribution in [0.1, 0.15) is 40.0 Å². The van der Waals surface area contributed by atoms with Crippen LogP contribution in [-0.2, 0) is 4.79 Å². The van der Waals surface area contributed by atoms with Crippen LogP contribution in [0.15, 0.2) is 0 Å². The lowest BCUT2D eigenvalue weighted by Crippen LogP contribution is -2.23. The first-order valence-corrected chi connectivity index (χ1v) is 5.25. The lowest BCUT2D eigenvalue weighted by molar-refractivity contribution is -0.122. The van der Waals surface area contributed by atoms with Crippen LogP contribution in [-0.4, -0.2) is 19.4 Å². The highest BCUT2D eigenvalue weighted by atomic mass is 16.1. The van der Waals surface area contributed by atoms with Gasteiger partial charge in [-0.05, 0) is 19.4 Å². The van der Waals surface area contributed by atoms with Crippen molar-refractivity contribution in [2.45, 2.75) is 40.0 Å². The maximum absolute atomic E-state index is 11.5. The highest BCUT2D eigenvalue weighted by Gasteiger charge is 2.11. The van der Waals surface area contributed by atoms with Crippen LogP contribution in [0.5, 0.6) is 0 Å². The van der Waals surface area contributed by atoms with Gasteiger partial charge in [0.25, 0.3) is 0 Å².